The second-order valence-corrected chi connectivity index (χ2v) is 10.5. The Bertz CT molecular complexity index is 1200. The third kappa shape index (κ3) is 8.05. The number of nitrogens with one attached hydrogen (secondary N) is 3. The van der Waals surface area contributed by atoms with Crippen molar-refractivity contribution < 1.29 is 29.0 Å². The fraction of sp³-hybridized carbons (Fsp3) is 0.467. The van der Waals surface area contributed by atoms with Gasteiger partial charge in [0.25, 0.3) is 11.8 Å². The van der Waals surface area contributed by atoms with Crippen molar-refractivity contribution >= 4 is 23.7 Å². The third-order valence-electron chi connectivity index (χ3n) is 6.93. The summed E-state index contributed by atoms with van der Waals surface area (Å²) >= 11 is 0. The van der Waals surface area contributed by atoms with Gasteiger partial charge in [0.05, 0.1) is 0 Å². The van der Waals surface area contributed by atoms with Crippen molar-refractivity contribution in [3.05, 3.63) is 54.1 Å². The van der Waals surface area contributed by atoms with Gasteiger partial charge in [0.1, 0.15) is 23.9 Å². The molecule has 2 aromatic rings. The lowest BCUT2D eigenvalue weighted by Gasteiger charge is -2.34. The molecule has 216 valence electrons. The zero-order valence-electron chi connectivity index (χ0n) is 23.8. The average molecular weight is 553 g/mol. The Kier molecular flexibility index (Phi) is 10.7. The van der Waals surface area contributed by atoms with E-state index in [1.54, 1.807) is 32.9 Å². The molecule has 4 unspecified atom stereocenters. The summed E-state index contributed by atoms with van der Waals surface area (Å²) < 4.78 is 5.84. The molecule has 1 aliphatic heterocycles. The van der Waals surface area contributed by atoms with E-state index in [4.69, 9.17) is 4.74 Å². The van der Waals surface area contributed by atoms with Crippen LogP contribution in [0.2, 0.25) is 0 Å². The Hall–Kier alpha value is -3.92. The molecule has 10 nitrogen and oxygen atoms in total. The van der Waals surface area contributed by atoms with E-state index in [1.165, 1.54) is 17.5 Å². The molecule has 3 amide bonds. The van der Waals surface area contributed by atoms with Crippen molar-refractivity contribution in [3.8, 4) is 16.9 Å². The minimum atomic E-state index is -1.04. The van der Waals surface area contributed by atoms with Crippen LogP contribution in [0, 0.1) is 5.92 Å². The lowest BCUT2D eigenvalue weighted by Crippen LogP contribution is -2.61. The number of hydrogen-bond donors (Lipinski definition) is 4. The summed E-state index contributed by atoms with van der Waals surface area (Å²) in [6.07, 6.45) is 1.04. The number of carbonyl (C=O) groups is 4. The maximum atomic E-state index is 13.0. The Morgan fingerprint density at radius 3 is 2.33 bits per heavy atom. The maximum Gasteiger partial charge on any atom is 0.322 e. The maximum absolute atomic E-state index is 13.0. The van der Waals surface area contributed by atoms with Gasteiger partial charge in [-0.2, -0.15) is 0 Å². The molecule has 0 spiro atoms. The van der Waals surface area contributed by atoms with E-state index in [0.717, 1.165) is 17.5 Å². The molecule has 0 aromatic heterocycles. The van der Waals surface area contributed by atoms with Crippen LogP contribution in [-0.4, -0.2) is 64.6 Å². The van der Waals surface area contributed by atoms with E-state index in [0.29, 0.717) is 25.1 Å². The van der Waals surface area contributed by atoms with E-state index in [1.807, 2.05) is 24.3 Å². The Labute approximate surface area is 235 Å². The van der Waals surface area contributed by atoms with E-state index in [2.05, 4.69) is 35.1 Å². The van der Waals surface area contributed by atoms with E-state index in [-0.39, 0.29) is 5.92 Å². The van der Waals surface area contributed by atoms with Gasteiger partial charge in [-0.15, -0.1) is 0 Å². The number of carbonyl (C=O) groups excluding carboxylic acids is 3. The minimum absolute atomic E-state index is 0.263. The van der Waals surface area contributed by atoms with Crippen molar-refractivity contribution in [1.82, 2.24) is 21.1 Å². The Morgan fingerprint density at radius 2 is 1.70 bits per heavy atom. The van der Waals surface area contributed by atoms with Crippen LogP contribution < -0.4 is 20.8 Å². The lowest BCUT2D eigenvalue weighted by atomic mass is 10.0. The van der Waals surface area contributed by atoms with Crippen molar-refractivity contribution in [2.75, 3.05) is 6.54 Å². The number of aryl methyl sites for hydroxylation is 1. The van der Waals surface area contributed by atoms with Gasteiger partial charge in [-0.1, -0.05) is 57.2 Å². The number of hydrazine groups is 1. The average Bonchev–Trinajstić information content (AvgIpc) is 2.95. The Balaban J connectivity index is 1.56. The molecule has 3 rings (SSSR count). The van der Waals surface area contributed by atoms with Gasteiger partial charge in [-0.3, -0.25) is 24.2 Å². The zero-order chi connectivity index (χ0) is 29.4. The van der Waals surface area contributed by atoms with Crippen molar-refractivity contribution in [1.29, 1.82) is 0 Å². The number of amides is 3. The number of benzene rings is 2. The number of ether oxygens (including phenoxy) is 1. The molecular formula is C30H40N4O6. The number of carboxylic acids is 1. The standard InChI is InChI=1S/C30H40N4O6/c1-6-21-9-7-10-23(17-21)22-12-14-24(15-13-22)40-20(5)27(35)32-26(18(2)3)28(36)31-19(4)29(37)34-16-8-11-25(33-34)30(38)39/h7,9-10,12-15,17-20,25-26,33H,6,8,11,16H2,1-5H3,(H,31,36)(H,32,35)(H,38,39). The summed E-state index contributed by atoms with van der Waals surface area (Å²) in [4.78, 5) is 50.1. The van der Waals surface area contributed by atoms with Gasteiger partial charge in [-0.25, -0.2) is 5.43 Å². The summed E-state index contributed by atoms with van der Waals surface area (Å²) in [6, 6.07) is 13.1. The molecule has 4 atom stereocenters. The summed E-state index contributed by atoms with van der Waals surface area (Å²) in [5, 5.41) is 15.9. The molecule has 1 fully saturated rings. The van der Waals surface area contributed by atoms with E-state index < -0.39 is 47.9 Å². The molecule has 1 heterocycles. The number of carboxylic acid groups (broad SMARTS) is 1. The normalized spacial score (nSPS) is 17.4. The monoisotopic (exact) mass is 552 g/mol. The van der Waals surface area contributed by atoms with Crippen molar-refractivity contribution in [2.45, 2.75) is 78.1 Å². The second kappa shape index (κ2) is 13.9. The smallest absolute Gasteiger partial charge is 0.322 e. The first-order valence-corrected chi connectivity index (χ1v) is 13.8. The molecule has 40 heavy (non-hydrogen) atoms. The highest BCUT2D eigenvalue weighted by Gasteiger charge is 2.33. The number of hydrogen-bond acceptors (Lipinski definition) is 6. The first kappa shape index (κ1) is 30.6. The summed E-state index contributed by atoms with van der Waals surface area (Å²) in [5.41, 5.74) is 6.09. The van der Waals surface area contributed by atoms with Crippen LogP contribution in [0.3, 0.4) is 0 Å². The van der Waals surface area contributed by atoms with Crippen LogP contribution in [0.5, 0.6) is 5.75 Å². The number of nitrogens with zero attached hydrogens (tertiary/aromatic N) is 1. The highest BCUT2D eigenvalue weighted by molar-refractivity contribution is 5.93. The van der Waals surface area contributed by atoms with Crippen LogP contribution in [0.4, 0.5) is 0 Å². The van der Waals surface area contributed by atoms with Gasteiger partial charge in [0.2, 0.25) is 5.91 Å². The second-order valence-electron chi connectivity index (χ2n) is 10.5. The van der Waals surface area contributed by atoms with E-state index >= 15 is 0 Å². The molecule has 1 aliphatic rings. The fourth-order valence-corrected chi connectivity index (χ4v) is 4.48. The highest BCUT2D eigenvalue weighted by Crippen LogP contribution is 2.24. The van der Waals surface area contributed by atoms with Gasteiger partial charge in [0.15, 0.2) is 6.10 Å². The number of rotatable bonds is 11. The van der Waals surface area contributed by atoms with E-state index in [9.17, 15) is 24.3 Å². The predicted octanol–water partition coefficient (Wildman–Crippen LogP) is 2.91. The summed E-state index contributed by atoms with van der Waals surface area (Å²) in [6.45, 7) is 9.17. The van der Waals surface area contributed by atoms with Crippen LogP contribution >= 0.6 is 0 Å². The largest absolute Gasteiger partial charge is 0.481 e. The predicted molar refractivity (Wildman–Crippen MR) is 151 cm³/mol. The summed E-state index contributed by atoms with van der Waals surface area (Å²) in [7, 11) is 0. The first-order valence-electron chi connectivity index (χ1n) is 13.8. The molecule has 10 heteroatoms. The molecule has 4 N–H and O–H groups in total. The van der Waals surface area contributed by atoms with Crippen molar-refractivity contribution in [3.63, 3.8) is 0 Å². The van der Waals surface area contributed by atoms with Crippen LogP contribution in [-0.2, 0) is 25.6 Å². The molecular weight excluding hydrogens is 512 g/mol. The fourth-order valence-electron chi connectivity index (χ4n) is 4.48. The van der Waals surface area contributed by atoms with Crippen LogP contribution in [0.15, 0.2) is 48.5 Å². The van der Waals surface area contributed by atoms with Gasteiger partial charge < -0.3 is 20.5 Å². The lowest BCUT2D eigenvalue weighted by molar-refractivity contribution is -0.148. The van der Waals surface area contributed by atoms with Gasteiger partial charge in [-0.05, 0) is 67.9 Å². The molecule has 1 saturated heterocycles. The highest BCUT2D eigenvalue weighted by atomic mass is 16.5. The topological polar surface area (TPSA) is 137 Å². The van der Waals surface area contributed by atoms with Gasteiger partial charge in [0, 0.05) is 6.54 Å². The first-order chi connectivity index (χ1) is 19.0. The molecule has 0 bridgehead atoms. The Morgan fingerprint density at radius 1 is 1.00 bits per heavy atom. The molecule has 0 radical (unpaired) electrons. The molecule has 2 aromatic carbocycles. The van der Waals surface area contributed by atoms with Gasteiger partial charge >= 0.3 is 5.97 Å². The van der Waals surface area contributed by atoms with Crippen LogP contribution in [0.25, 0.3) is 11.1 Å². The molecule has 0 aliphatic carbocycles. The summed E-state index contributed by atoms with van der Waals surface area (Å²) in [5.74, 6) is -2.20. The quantitative estimate of drug-likeness (QED) is 0.336. The minimum Gasteiger partial charge on any atom is -0.481 e. The van der Waals surface area contributed by atoms with Crippen LogP contribution in [0.1, 0.15) is 53.0 Å². The zero-order valence-corrected chi connectivity index (χ0v) is 23.8. The SMILES string of the molecule is CCc1cccc(-c2ccc(OC(C)C(=O)NC(C(=O)NC(C)C(=O)N3CCCC(C(=O)O)N3)C(C)C)cc2)c1. The van der Waals surface area contributed by atoms with Crippen molar-refractivity contribution in [2.24, 2.45) is 5.92 Å². The number of aliphatic carboxylic acids is 1. The molecule has 0 saturated carbocycles. The third-order valence-corrected chi connectivity index (χ3v) is 6.93.